The van der Waals surface area contributed by atoms with Gasteiger partial charge in [0, 0.05) is 17.2 Å². The summed E-state index contributed by atoms with van der Waals surface area (Å²) < 4.78 is 31.9. The number of aromatic nitrogens is 3. The molecule has 0 aliphatic rings. The zero-order chi connectivity index (χ0) is 17.1. The number of hydrogen-bond donors (Lipinski definition) is 2. The fourth-order valence-corrected chi connectivity index (χ4v) is 2.11. The van der Waals surface area contributed by atoms with Gasteiger partial charge in [-0.25, -0.2) is 8.78 Å². The number of carbonyl (C=O) groups excluding carboxylic acids is 1. The molecule has 8 heteroatoms. The molecule has 0 radical (unpaired) electrons. The first-order chi connectivity index (χ1) is 11.5. The Kier molecular flexibility index (Phi) is 4.19. The molecule has 1 heterocycles. The molecule has 0 unspecified atom stereocenters. The number of halogens is 2. The number of H-pyrrole nitrogens is 1. The molecule has 3 N–H and O–H groups in total. The van der Waals surface area contributed by atoms with E-state index in [9.17, 15) is 13.6 Å². The molecule has 3 rings (SSSR count). The van der Waals surface area contributed by atoms with Gasteiger partial charge in [0.1, 0.15) is 29.7 Å². The summed E-state index contributed by atoms with van der Waals surface area (Å²) in [4.78, 5) is 11.3. The van der Waals surface area contributed by atoms with Gasteiger partial charge in [-0.2, -0.15) is 15.4 Å². The minimum absolute atomic E-state index is 0.0389. The summed E-state index contributed by atoms with van der Waals surface area (Å²) in [5.74, 6) is -1.52. The Morgan fingerprint density at radius 1 is 1.12 bits per heavy atom. The van der Waals surface area contributed by atoms with Crippen LogP contribution < -0.4 is 10.5 Å². The van der Waals surface area contributed by atoms with E-state index >= 15 is 0 Å². The van der Waals surface area contributed by atoms with E-state index in [1.807, 2.05) is 0 Å². The number of aromatic amines is 1. The summed E-state index contributed by atoms with van der Waals surface area (Å²) in [6, 6.07) is 9.90. The van der Waals surface area contributed by atoms with Crippen molar-refractivity contribution in [1.29, 1.82) is 0 Å². The average molecular weight is 330 g/mol. The SMILES string of the molecule is NC(=O)c1n[nH]nc1-c1ccc(OCc2ccc(F)cc2F)cc1. The van der Waals surface area contributed by atoms with Crippen molar-refractivity contribution in [2.45, 2.75) is 6.61 Å². The van der Waals surface area contributed by atoms with Gasteiger partial charge in [-0.1, -0.05) is 0 Å². The molecule has 1 aromatic heterocycles. The van der Waals surface area contributed by atoms with Crippen LogP contribution in [0, 0.1) is 11.6 Å². The molecule has 6 nitrogen and oxygen atoms in total. The van der Waals surface area contributed by atoms with Gasteiger partial charge in [0.15, 0.2) is 5.69 Å². The highest BCUT2D eigenvalue weighted by molar-refractivity contribution is 5.96. The zero-order valence-electron chi connectivity index (χ0n) is 12.3. The molecule has 0 atom stereocenters. The maximum Gasteiger partial charge on any atom is 0.271 e. The number of nitrogens with zero attached hydrogens (tertiary/aromatic N) is 2. The van der Waals surface area contributed by atoms with Gasteiger partial charge < -0.3 is 10.5 Å². The number of amides is 1. The van der Waals surface area contributed by atoms with E-state index in [-0.39, 0.29) is 17.9 Å². The van der Waals surface area contributed by atoms with E-state index in [0.29, 0.717) is 17.0 Å². The highest BCUT2D eigenvalue weighted by atomic mass is 19.1. The van der Waals surface area contributed by atoms with Crippen LogP contribution in [-0.2, 0) is 6.61 Å². The predicted octanol–water partition coefficient (Wildman–Crippen LogP) is 2.43. The molecule has 2 aromatic carbocycles. The smallest absolute Gasteiger partial charge is 0.271 e. The van der Waals surface area contributed by atoms with Crippen molar-refractivity contribution in [3.63, 3.8) is 0 Å². The Hall–Kier alpha value is -3.29. The highest BCUT2D eigenvalue weighted by Crippen LogP contribution is 2.23. The summed E-state index contributed by atoms with van der Waals surface area (Å²) in [6.45, 7) is -0.0397. The number of carbonyl (C=O) groups is 1. The van der Waals surface area contributed by atoms with Gasteiger partial charge in [-0.05, 0) is 36.4 Å². The largest absolute Gasteiger partial charge is 0.489 e. The van der Waals surface area contributed by atoms with E-state index in [1.165, 1.54) is 12.1 Å². The number of hydrogen-bond acceptors (Lipinski definition) is 4. The molecule has 0 fully saturated rings. The molecular formula is C16H12F2N4O2. The third-order valence-corrected chi connectivity index (χ3v) is 3.32. The van der Waals surface area contributed by atoms with E-state index < -0.39 is 17.5 Å². The Morgan fingerprint density at radius 3 is 2.54 bits per heavy atom. The lowest BCUT2D eigenvalue weighted by Crippen LogP contribution is -2.12. The van der Waals surface area contributed by atoms with Crippen molar-refractivity contribution < 1.29 is 18.3 Å². The van der Waals surface area contributed by atoms with Crippen LogP contribution in [0.1, 0.15) is 16.1 Å². The first-order valence-electron chi connectivity index (χ1n) is 6.92. The van der Waals surface area contributed by atoms with Crippen LogP contribution in [0.15, 0.2) is 42.5 Å². The van der Waals surface area contributed by atoms with Crippen LogP contribution in [0.2, 0.25) is 0 Å². The first-order valence-corrected chi connectivity index (χ1v) is 6.92. The average Bonchev–Trinajstić information content (AvgIpc) is 3.04. The van der Waals surface area contributed by atoms with E-state index in [2.05, 4.69) is 15.4 Å². The van der Waals surface area contributed by atoms with Crippen LogP contribution in [0.4, 0.5) is 8.78 Å². The molecule has 0 aliphatic heterocycles. The third-order valence-electron chi connectivity index (χ3n) is 3.32. The summed E-state index contributed by atoms with van der Waals surface area (Å²) in [6.07, 6.45) is 0. The third kappa shape index (κ3) is 3.22. The van der Waals surface area contributed by atoms with E-state index in [1.54, 1.807) is 24.3 Å². The molecule has 1 amide bonds. The minimum Gasteiger partial charge on any atom is -0.489 e. The van der Waals surface area contributed by atoms with Gasteiger partial charge in [0.2, 0.25) is 0 Å². The number of ether oxygens (including phenoxy) is 1. The van der Waals surface area contributed by atoms with Gasteiger partial charge in [-0.3, -0.25) is 4.79 Å². The highest BCUT2D eigenvalue weighted by Gasteiger charge is 2.15. The van der Waals surface area contributed by atoms with Crippen molar-refractivity contribution in [3.05, 3.63) is 65.4 Å². The van der Waals surface area contributed by atoms with Crippen molar-refractivity contribution in [2.24, 2.45) is 5.73 Å². The summed E-state index contributed by atoms with van der Waals surface area (Å²) in [5, 5.41) is 9.93. The molecule has 0 spiro atoms. The van der Waals surface area contributed by atoms with Gasteiger partial charge >= 0.3 is 0 Å². The van der Waals surface area contributed by atoms with Crippen molar-refractivity contribution in [1.82, 2.24) is 15.4 Å². The quantitative estimate of drug-likeness (QED) is 0.751. The lowest BCUT2D eigenvalue weighted by atomic mass is 10.1. The summed E-state index contributed by atoms with van der Waals surface area (Å²) in [7, 11) is 0. The summed E-state index contributed by atoms with van der Waals surface area (Å²) >= 11 is 0. The topological polar surface area (TPSA) is 93.9 Å². The monoisotopic (exact) mass is 330 g/mol. The Balaban J connectivity index is 1.73. The predicted molar refractivity (Wildman–Crippen MR) is 81.0 cm³/mol. The molecule has 0 aliphatic carbocycles. The maximum absolute atomic E-state index is 13.5. The standard InChI is InChI=1S/C16H12F2N4O2/c17-11-4-1-10(13(18)7-11)8-24-12-5-2-9(3-6-12)14-15(16(19)23)21-22-20-14/h1-7H,8H2,(H2,19,23)(H,20,21,22). The molecule has 24 heavy (non-hydrogen) atoms. The lowest BCUT2D eigenvalue weighted by Gasteiger charge is -2.08. The van der Waals surface area contributed by atoms with E-state index in [0.717, 1.165) is 6.07 Å². The number of rotatable bonds is 5. The number of benzene rings is 2. The van der Waals surface area contributed by atoms with Crippen LogP contribution in [-0.4, -0.2) is 21.3 Å². The molecule has 0 bridgehead atoms. The number of nitrogens with two attached hydrogens (primary N) is 1. The second kappa shape index (κ2) is 6.45. The van der Waals surface area contributed by atoms with Gasteiger partial charge in [0.05, 0.1) is 0 Å². The van der Waals surface area contributed by atoms with Crippen molar-refractivity contribution >= 4 is 5.91 Å². The second-order valence-corrected chi connectivity index (χ2v) is 4.93. The lowest BCUT2D eigenvalue weighted by molar-refractivity contribution is 0.0996. The second-order valence-electron chi connectivity index (χ2n) is 4.93. The Bertz CT molecular complexity index is 878. The fourth-order valence-electron chi connectivity index (χ4n) is 2.11. The first kappa shape index (κ1) is 15.6. The van der Waals surface area contributed by atoms with Crippen LogP contribution >= 0.6 is 0 Å². The summed E-state index contributed by atoms with van der Waals surface area (Å²) in [5.41, 5.74) is 6.45. The number of nitrogens with one attached hydrogen (secondary N) is 1. The van der Waals surface area contributed by atoms with Gasteiger partial charge in [-0.15, -0.1) is 0 Å². The van der Waals surface area contributed by atoms with E-state index in [4.69, 9.17) is 10.5 Å². The molecule has 3 aromatic rings. The van der Waals surface area contributed by atoms with Crippen LogP contribution in [0.25, 0.3) is 11.3 Å². The zero-order valence-corrected chi connectivity index (χ0v) is 12.3. The fraction of sp³-hybridized carbons (Fsp3) is 0.0625. The maximum atomic E-state index is 13.5. The Morgan fingerprint density at radius 2 is 1.88 bits per heavy atom. The molecule has 0 saturated carbocycles. The molecule has 122 valence electrons. The van der Waals surface area contributed by atoms with Crippen molar-refractivity contribution in [3.8, 4) is 17.0 Å². The van der Waals surface area contributed by atoms with Crippen molar-refractivity contribution in [2.75, 3.05) is 0 Å². The molecular weight excluding hydrogens is 318 g/mol. The number of primary amides is 1. The normalized spacial score (nSPS) is 10.6. The minimum atomic E-state index is -0.689. The van der Waals surface area contributed by atoms with Crippen LogP contribution in [0.5, 0.6) is 5.75 Å². The van der Waals surface area contributed by atoms with Crippen LogP contribution in [0.3, 0.4) is 0 Å². The molecule has 0 saturated heterocycles. The van der Waals surface area contributed by atoms with Gasteiger partial charge in [0.25, 0.3) is 5.91 Å². The Labute approximate surface area is 135 Å².